The van der Waals surface area contributed by atoms with Crippen LogP contribution in [-0.2, 0) is 9.59 Å². The zero-order valence-corrected chi connectivity index (χ0v) is 17.8. The van der Waals surface area contributed by atoms with E-state index >= 15 is 0 Å². The van der Waals surface area contributed by atoms with Gasteiger partial charge in [-0.05, 0) is 91.8 Å². The molecule has 158 valence electrons. The summed E-state index contributed by atoms with van der Waals surface area (Å²) in [6, 6.07) is 0. The maximum Gasteiger partial charge on any atom is 0.303 e. The third-order valence-electron chi connectivity index (χ3n) is 10.0. The van der Waals surface area contributed by atoms with Crippen molar-refractivity contribution in [3.8, 4) is 0 Å². The number of carboxylic acids is 1. The molecule has 4 rings (SSSR count). The lowest BCUT2D eigenvalue weighted by molar-refractivity contribution is -0.160. The van der Waals surface area contributed by atoms with E-state index in [1.165, 1.54) is 6.42 Å². The highest BCUT2D eigenvalue weighted by molar-refractivity contribution is 5.83. The number of hydrogen-bond donors (Lipinski definition) is 2. The quantitative estimate of drug-likeness (QED) is 0.730. The molecule has 4 saturated carbocycles. The van der Waals surface area contributed by atoms with Gasteiger partial charge < -0.3 is 10.2 Å². The number of hydrogen-bond acceptors (Lipinski definition) is 3. The average molecular weight is 391 g/mol. The summed E-state index contributed by atoms with van der Waals surface area (Å²) in [7, 11) is 0. The van der Waals surface area contributed by atoms with Crippen molar-refractivity contribution in [3.63, 3.8) is 0 Å². The van der Waals surface area contributed by atoms with Crippen LogP contribution in [0.4, 0.5) is 0 Å². The number of ketones is 1. The fraction of sp³-hybridized carbons (Fsp3) is 0.917. The second-order valence-corrected chi connectivity index (χ2v) is 11.2. The van der Waals surface area contributed by atoms with E-state index in [0.29, 0.717) is 41.8 Å². The van der Waals surface area contributed by atoms with Crippen molar-refractivity contribution in [1.29, 1.82) is 0 Å². The van der Waals surface area contributed by atoms with E-state index in [0.717, 1.165) is 44.9 Å². The summed E-state index contributed by atoms with van der Waals surface area (Å²) in [4.78, 5) is 24.4. The molecule has 4 heteroatoms. The van der Waals surface area contributed by atoms with E-state index in [1.807, 2.05) is 0 Å². The van der Waals surface area contributed by atoms with Crippen LogP contribution in [0.5, 0.6) is 0 Å². The van der Waals surface area contributed by atoms with E-state index < -0.39 is 5.97 Å². The molecule has 4 nitrogen and oxygen atoms in total. The monoisotopic (exact) mass is 390 g/mol. The first-order chi connectivity index (χ1) is 13.2. The lowest BCUT2D eigenvalue weighted by atomic mass is 9.44. The summed E-state index contributed by atoms with van der Waals surface area (Å²) < 4.78 is 0. The minimum absolute atomic E-state index is 0.187. The number of rotatable bonds is 4. The van der Waals surface area contributed by atoms with Crippen LogP contribution < -0.4 is 0 Å². The van der Waals surface area contributed by atoms with Crippen molar-refractivity contribution in [3.05, 3.63) is 0 Å². The Morgan fingerprint density at radius 2 is 1.79 bits per heavy atom. The third-order valence-corrected chi connectivity index (χ3v) is 10.0. The molecule has 4 fully saturated rings. The van der Waals surface area contributed by atoms with Gasteiger partial charge in [-0.2, -0.15) is 0 Å². The number of aliphatic hydroxyl groups is 1. The van der Waals surface area contributed by atoms with Crippen molar-refractivity contribution in [2.45, 2.75) is 91.1 Å². The summed E-state index contributed by atoms with van der Waals surface area (Å²) in [5, 5.41) is 19.3. The van der Waals surface area contributed by atoms with Gasteiger partial charge in [0.2, 0.25) is 0 Å². The summed E-state index contributed by atoms with van der Waals surface area (Å²) in [6.07, 6.45) is 8.81. The molecule has 0 spiro atoms. The zero-order chi connectivity index (χ0) is 20.3. The van der Waals surface area contributed by atoms with Gasteiger partial charge in [-0.3, -0.25) is 9.59 Å². The number of Topliss-reactive ketones (excluding diaryl/α,β-unsaturated/α-hetero) is 1. The standard InChI is InChI=1S/C24H38O4/c1-14(4-7-21(27)28)17-5-6-18-22-19(9-11-24(17,18)3)23(2)10-8-16(25)12-15(23)13-20(22)26/h14-19,22,25H,4-13H2,1-3H3,(H,27,28)/t14-,15?,16+,17?,18?,19?,22?,23+,24-/m0/s1. The van der Waals surface area contributed by atoms with Gasteiger partial charge in [0.05, 0.1) is 6.10 Å². The SMILES string of the molecule is C[C@@H](CCC(=O)O)C1CCC2C3C(=O)CC4C[C@H](O)CC[C@@]4(C)C3CC[C@]21C. The van der Waals surface area contributed by atoms with Gasteiger partial charge in [0.25, 0.3) is 0 Å². The van der Waals surface area contributed by atoms with Crippen molar-refractivity contribution in [2.75, 3.05) is 0 Å². The van der Waals surface area contributed by atoms with E-state index in [9.17, 15) is 14.7 Å². The highest BCUT2D eigenvalue weighted by atomic mass is 16.4. The number of aliphatic carboxylic acids is 1. The third kappa shape index (κ3) is 3.05. The number of carboxylic acid groups (broad SMARTS) is 1. The van der Waals surface area contributed by atoms with E-state index in [4.69, 9.17) is 5.11 Å². The Balaban J connectivity index is 1.56. The van der Waals surface area contributed by atoms with Gasteiger partial charge in [0.15, 0.2) is 0 Å². The largest absolute Gasteiger partial charge is 0.481 e. The molecule has 0 saturated heterocycles. The molecule has 0 aromatic carbocycles. The Morgan fingerprint density at radius 1 is 1.11 bits per heavy atom. The van der Waals surface area contributed by atoms with Crippen LogP contribution in [0.3, 0.4) is 0 Å². The van der Waals surface area contributed by atoms with Crippen LogP contribution in [-0.4, -0.2) is 28.1 Å². The van der Waals surface area contributed by atoms with Gasteiger partial charge >= 0.3 is 5.97 Å². The number of carbonyl (C=O) groups excluding carboxylic acids is 1. The maximum atomic E-state index is 13.3. The van der Waals surface area contributed by atoms with E-state index in [1.54, 1.807) is 0 Å². The fourth-order valence-electron chi connectivity index (χ4n) is 8.44. The molecule has 0 radical (unpaired) electrons. The maximum absolute atomic E-state index is 13.3. The van der Waals surface area contributed by atoms with Crippen molar-refractivity contribution in [2.24, 2.45) is 46.3 Å². The molecule has 2 N–H and O–H groups in total. The molecule has 4 aliphatic carbocycles. The minimum Gasteiger partial charge on any atom is -0.481 e. The first-order valence-electron chi connectivity index (χ1n) is 11.6. The van der Waals surface area contributed by atoms with Gasteiger partial charge in [-0.25, -0.2) is 0 Å². The molecule has 0 amide bonds. The topological polar surface area (TPSA) is 74.6 Å². The highest BCUT2D eigenvalue weighted by Gasteiger charge is 2.62. The van der Waals surface area contributed by atoms with E-state index in [-0.39, 0.29) is 29.3 Å². The van der Waals surface area contributed by atoms with Gasteiger partial charge in [0.1, 0.15) is 5.78 Å². The molecule has 9 atom stereocenters. The van der Waals surface area contributed by atoms with Crippen LogP contribution in [0.25, 0.3) is 0 Å². The van der Waals surface area contributed by atoms with Crippen molar-refractivity contribution < 1.29 is 19.8 Å². The molecule has 5 unspecified atom stereocenters. The molecule has 0 aromatic heterocycles. The van der Waals surface area contributed by atoms with Crippen LogP contribution in [0, 0.1) is 46.3 Å². The Labute approximate surface area is 169 Å². The molecule has 4 aliphatic rings. The summed E-state index contributed by atoms with van der Waals surface area (Å²) in [5.41, 5.74) is 0.401. The Morgan fingerprint density at radius 3 is 2.50 bits per heavy atom. The molecule has 28 heavy (non-hydrogen) atoms. The molecule has 0 aliphatic heterocycles. The molecular formula is C24H38O4. The van der Waals surface area contributed by atoms with Crippen LogP contribution in [0.15, 0.2) is 0 Å². The highest BCUT2D eigenvalue weighted by Crippen LogP contribution is 2.67. The normalized spacial score (nSPS) is 49.1. The molecule has 0 aromatic rings. The van der Waals surface area contributed by atoms with Crippen LogP contribution in [0.1, 0.15) is 85.0 Å². The lowest BCUT2D eigenvalue weighted by Crippen LogP contribution is -2.57. The Hall–Kier alpha value is -0.900. The molecular weight excluding hydrogens is 352 g/mol. The summed E-state index contributed by atoms with van der Waals surface area (Å²) in [6.45, 7) is 7.06. The van der Waals surface area contributed by atoms with Gasteiger partial charge in [-0.1, -0.05) is 20.8 Å². The average Bonchev–Trinajstić information content (AvgIpc) is 2.98. The van der Waals surface area contributed by atoms with Crippen molar-refractivity contribution >= 4 is 11.8 Å². The van der Waals surface area contributed by atoms with Crippen LogP contribution >= 0.6 is 0 Å². The lowest BCUT2D eigenvalue weighted by Gasteiger charge is -2.60. The first-order valence-corrected chi connectivity index (χ1v) is 11.6. The number of aliphatic hydroxyl groups excluding tert-OH is 1. The van der Waals surface area contributed by atoms with Crippen molar-refractivity contribution in [1.82, 2.24) is 0 Å². The number of fused-ring (bicyclic) bond motifs is 5. The van der Waals surface area contributed by atoms with Gasteiger partial charge in [0, 0.05) is 18.8 Å². The van der Waals surface area contributed by atoms with E-state index in [2.05, 4.69) is 20.8 Å². The Kier molecular flexibility index (Phi) is 5.17. The number of carbonyl (C=O) groups is 2. The fourth-order valence-corrected chi connectivity index (χ4v) is 8.44. The van der Waals surface area contributed by atoms with Gasteiger partial charge in [-0.15, -0.1) is 0 Å². The summed E-state index contributed by atoms with van der Waals surface area (Å²) in [5.74, 6) is 2.25. The minimum atomic E-state index is -0.698. The second-order valence-electron chi connectivity index (χ2n) is 11.2. The zero-order valence-electron chi connectivity index (χ0n) is 17.8. The predicted octanol–water partition coefficient (Wildman–Crippen LogP) is 4.69. The smallest absolute Gasteiger partial charge is 0.303 e. The molecule has 0 bridgehead atoms. The molecule has 0 heterocycles. The second kappa shape index (κ2) is 7.11. The predicted molar refractivity (Wildman–Crippen MR) is 108 cm³/mol. The Bertz CT molecular complexity index is 645. The summed E-state index contributed by atoms with van der Waals surface area (Å²) >= 11 is 0. The van der Waals surface area contributed by atoms with Crippen LogP contribution in [0.2, 0.25) is 0 Å². The first kappa shape index (κ1) is 20.4.